The number of ketones is 1. The van der Waals surface area contributed by atoms with E-state index < -0.39 is 11.6 Å². The number of benzene rings is 2. The van der Waals surface area contributed by atoms with Crippen LogP contribution in [0.1, 0.15) is 56.9 Å². The summed E-state index contributed by atoms with van der Waals surface area (Å²) in [6.45, 7) is 2.32. The van der Waals surface area contributed by atoms with E-state index >= 15 is 0 Å². The van der Waals surface area contributed by atoms with Crippen molar-refractivity contribution < 1.29 is 28.7 Å². The largest absolute Gasteiger partial charge is 0.380 e. The van der Waals surface area contributed by atoms with E-state index in [1.165, 1.54) is 4.90 Å². The summed E-state index contributed by atoms with van der Waals surface area (Å²) in [5.41, 5.74) is 1.94. The smallest absolute Gasteiger partial charge is 0.325 e. The van der Waals surface area contributed by atoms with Crippen molar-refractivity contribution >= 4 is 47.2 Å². The van der Waals surface area contributed by atoms with Gasteiger partial charge in [-0.2, -0.15) is 11.8 Å². The van der Waals surface area contributed by atoms with Crippen molar-refractivity contribution in [3.05, 3.63) is 66.4 Å². The van der Waals surface area contributed by atoms with Gasteiger partial charge in [0, 0.05) is 54.8 Å². The number of carbonyl (C=O) groups is 5. The predicted octanol–water partition coefficient (Wildman–Crippen LogP) is 4.16. The van der Waals surface area contributed by atoms with E-state index in [4.69, 9.17) is 4.74 Å². The molecule has 1 aromatic heterocycles. The van der Waals surface area contributed by atoms with Crippen molar-refractivity contribution in [3.8, 4) is 11.3 Å². The maximum Gasteiger partial charge on any atom is 0.325 e. The molecule has 15 nitrogen and oxygen atoms in total. The number of amides is 7. The highest BCUT2D eigenvalue weighted by atomic mass is 32.2. The van der Waals surface area contributed by atoms with Crippen molar-refractivity contribution in [1.29, 1.82) is 0 Å². The molecular weight excluding hydrogens is 711 g/mol. The highest BCUT2D eigenvalue weighted by molar-refractivity contribution is 8.00. The van der Waals surface area contributed by atoms with Crippen LogP contribution in [0.15, 0.2) is 60.8 Å². The number of fused-ring (bicyclic) bond motifs is 1. The molecule has 0 saturated carbocycles. The van der Waals surface area contributed by atoms with Crippen LogP contribution >= 0.6 is 11.8 Å². The lowest BCUT2D eigenvalue weighted by atomic mass is 9.87. The van der Waals surface area contributed by atoms with E-state index in [9.17, 15) is 24.0 Å². The van der Waals surface area contributed by atoms with Crippen LogP contribution in [0.25, 0.3) is 11.3 Å². The number of thioether (sulfide) groups is 1. The zero-order valence-corrected chi connectivity index (χ0v) is 31.0. The predicted molar refractivity (Wildman–Crippen MR) is 203 cm³/mol. The normalized spacial score (nSPS) is 21.6. The Kier molecular flexibility index (Phi) is 11.8. The number of ether oxygens (including phenoxy) is 1. The minimum Gasteiger partial charge on any atom is -0.380 e. The molecular formula is C38H47N9O6S. The van der Waals surface area contributed by atoms with Crippen molar-refractivity contribution in [1.82, 2.24) is 40.7 Å². The number of imide groups is 1. The van der Waals surface area contributed by atoms with Gasteiger partial charge in [-0.1, -0.05) is 54.1 Å². The topological polar surface area (TPSA) is 180 Å². The number of hydrogen-bond donors (Lipinski definition) is 4. The van der Waals surface area contributed by atoms with Crippen molar-refractivity contribution in [2.45, 2.75) is 87.3 Å². The van der Waals surface area contributed by atoms with Gasteiger partial charge in [0.1, 0.15) is 17.0 Å². The molecule has 0 radical (unpaired) electrons. The second-order valence-electron chi connectivity index (χ2n) is 14.4. The minimum atomic E-state index is -0.992. The van der Waals surface area contributed by atoms with E-state index in [0.29, 0.717) is 81.6 Å². The van der Waals surface area contributed by atoms with Gasteiger partial charge in [-0.25, -0.2) is 19.1 Å². The Morgan fingerprint density at radius 3 is 2.61 bits per heavy atom. The lowest BCUT2D eigenvalue weighted by Gasteiger charge is -2.37. The summed E-state index contributed by atoms with van der Waals surface area (Å²) in [6.07, 6.45) is 7.15. The molecule has 2 aromatic carbocycles. The van der Waals surface area contributed by atoms with E-state index in [1.807, 2.05) is 66.5 Å². The second kappa shape index (κ2) is 17.0. The first kappa shape index (κ1) is 37.4. The number of aromatic nitrogens is 3. The molecule has 4 N–H and O–H groups in total. The van der Waals surface area contributed by atoms with Crippen LogP contribution in [0.4, 0.5) is 20.1 Å². The molecule has 0 aliphatic carbocycles. The van der Waals surface area contributed by atoms with E-state index in [2.05, 4.69) is 31.6 Å². The Balaban J connectivity index is 0.779. The average Bonchev–Trinajstić information content (AvgIpc) is 3.94. The summed E-state index contributed by atoms with van der Waals surface area (Å²) >= 11 is 1.90. The third kappa shape index (κ3) is 8.87. The Labute approximate surface area is 318 Å². The standard InChI is InChI=1S/C38H47N9O6S/c48-29(12-4-5-14-32-33-31(25-54-32)40-35(50)41-33)13-7-20-53-21-19-46-24-30(43-44-46)27-10-6-11-28(22-27)39-36(51)45-17-15-38(16-18-45)34(49)47(37(52)42-38)23-26-8-2-1-3-9-26/h1-3,6,8-11,22,24,31-33H,4-5,7,12-21,23,25H2,(H,39,51)(H,42,52)(H2,40,41,50)/t31-,32-,33-/m0/s1. The number of rotatable bonds is 16. The first-order chi connectivity index (χ1) is 26.3. The maximum atomic E-state index is 13.3. The third-order valence-corrected chi connectivity index (χ3v) is 12.1. The van der Waals surface area contributed by atoms with Gasteiger partial charge in [-0.05, 0) is 49.8 Å². The summed E-state index contributed by atoms with van der Waals surface area (Å²) in [7, 11) is 0. The number of piperidine rings is 1. The van der Waals surface area contributed by atoms with Gasteiger partial charge < -0.3 is 30.9 Å². The first-order valence-electron chi connectivity index (χ1n) is 18.8. The fraction of sp³-hybridized carbons (Fsp3) is 0.500. The number of Topliss-reactive ketones (excluding diaryl/α,β-unsaturated/α-hetero) is 1. The van der Waals surface area contributed by atoms with Gasteiger partial charge >= 0.3 is 18.1 Å². The van der Waals surface area contributed by atoms with Crippen LogP contribution in [-0.2, 0) is 27.4 Å². The number of likely N-dealkylation sites (tertiary alicyclic amines) is 1. The van der Waals surface area contributed by atoms with Gasteiger partial charge in [-0.15, -0.1) is 5.10 Å². The molecule has 4 fully saturated rings. The van der Waals surface area contributed by atoms with Gasteiger partial charge in [0.2, 0.25) is 0 Å². The molecule has 1 spiro atoms. The summed E-state index contributed by atoms with van der Waals surface area (Å²) in [4.78, 5) is 66.1. The molecule has 286 valence electrons. The second-order valence-corrected chi connectivity index (χ2v) is 15.6. The number of nitrogens with one attached hydrogen (secondary N) is 4. The lowest BCUT2D eigenvalue weighted by Crippen LogP contribution is -2.56. The molecule has 0 bridgehead atoms. The van der Waals surface area contributed by atoms with Crippen LogP contribution in [0.2, 0.25) is 0 Å². The fourth-order valence-corrected chi connectivity index (χ4v) is 9.13. The van der Waals surface area contributed by atoms with Crippen LogP contribution < -0.4 is 21.3 Å². The van der Waals surface area contributed by atoms with Crippen LogP contribution in [-0.4, -0.2) is 110 Å². The first-order valence-corrected chi connectivity index (χ1v) is 19.8. The number of anilines is 1. The highest BCUT2D eigenvalue weighted by Gasteiger charge is 2.52. The molecule has 4 aliphatic rings. The molecule has 4 aliphatic heterocycles. The van der Waals surface area contributed by atoms with Crippen molar-refractivity contribution in [2.24, 2.45) is 0 Å². The van der Waals surface area contributed by atoms with Gasteiger partial charge in [-0.3, -0.25) is 14.5 Å². The van der Waals surface area contributed by atoms with Gasteiger partial charge in [0.25, 0.3) is 5.91 Å². The fourth-order valence-electron chi connectivity index (χ4n) is 7.58. The van der Waals surface area contributed by atoms with E-state index in [0.717, 1.165) is 36.1 Å². The molecule has 3 atom stereocenters. The number of carbonyl (C=O) groups excluding carboxylic acids is 5. The highest BCUT2D eigenvalue weighted by Crippen LogP contribution is 2.34. The number of urea groups is 3. The molecule has 4 saturated heterocycles. The number of nitrogens with zero attached hydrogens (tertiary/aromatic N) is 5. The zero-order chi connectivity index (χ0) is 37.5. The van der Waals surface area contributed by atoms with E-state index in [1.54, 1.807) is 15.6 Å². The molecule has 16 heteroatoms. The van der Waals surface area contributed by atoms with Crippen molar-refractivity contribution in [3.63, 3.8) is 0 Å². The van der Waals surface area contributed by atoms with Gasteiger partial charge in [0.15, 0.2) is 0 Å². The Morgan fingerprint density at radius 2 is 1.78 bits per heavy atom. The molecule has 54 heavy (non-hydrogen) atoms. The summed E-state index contributed by atoms with van der Waals surface area (Å²) in [5, 5.41) is 20.8. The summed E-state index contributed by atoms with van der Waals surface area (Å²) in [5.74, 6) is 0.970. The third-order valence-electron chi connectivity index (χ3n) is 10.6. The lowest BCUT2D eigenvalue weighted by molar-refractivity contribution is -0.133. The molecule has 7 rings (SSSR count). The van der Waals surface area contributed by atoms with Crippen LogP contribution in [0, 0.1) is 0 Å². The van der Waals surface area contributed by atoms with Gasteiger partial charge in [0.05, 0.1) is 38.0 Å². The summed E-state index contributed by atoms with van der Waals surface area (Å²) < 4.78 is 7.46. The SMILES string of the molecule is O=C(CCCC[C@@H]1SC[C@@H]2NC(=O)N[C@@H]21)CCCOCCn1cc(-c2cccc(NC(=O)N3CCC4(CC3)NC(=O)N(Cc3ccccc3)C4=O)c2)nn1. The molecule has 7 amide bonds. The number of unbranched alkanes of at least 4 members (excludes halogenated alkanes) is 1. The minimum absolute atomic E-state index is 0.0651. The van der Waals surface area contributed by atoms with E-state index in [-0.39, 0.29) is 42.4 Å². The quantitative estimate of drug-likeness (QED) is 0.0949. The Bertz CT molecular complexity index is 1830. The Hall–Kier alpha value is -4.96. The average molecular weight is 758 g/mol. The zero-order valence-electron chi connectivity index (χ0n) is 30.2. The van der Waals surface area contributed by atoms with Crippen LogP contribution in [0.5, 0.6) is 0 Å². The molecule has 3 aromatic rings. The number of hydrogen-bond acceptors (Lipinski definition) is 9. The molecule has 0 unspecified atom stereocenters. The summed E-state index contributed by atoms with van der Waals surface area (Å²) in [6, 6.07) is 16.5. The van der Waals surface area contributed by atoms with Crippen LogP contribution in [0.3, 0.4) is 0 Å². The van der Waals surface area contributed by atoms with Crippen molar-refractivity contribution in [2.75, 3.05) is 37.4 Å². The molecule has 5 heterocycles. The maximum absolute atomic E-state index is 13.3. The monoisotopic (exact) mass is 757 g/mol. The Morgan fingerprint density at radius 1 is 0.963 bits per heavy atom.